The number of nitrogens with zero attached hydrogens (tertiary/aromatic N) is 1. The summed E-state index contributed by atoms with van der Waals surface area (Å²) in [6.07, 6.45) is -0.422. The Morgan fingerprint density at radius 1 is 1.29 bits per heavy atom. The summed E-state index contributed by atoms with van der Waals surface area (Å²) in [4.78, 5) is 37.8. The van der Waals surface area contributed by atoms with Crippen molar-refractivity contribution in [1.82, 2.24) is 14.6 Å². The molecule has 0 bridgehead atoms. The van der Waals surface area contributed by atoms with E-state index in [1.165, 1.54) is 25.3 Å². The van der Waals surface area contributed by atoms with Crippen molar-refractivity contribution in [3.8, 4) is 5.75 Å². The first-order valence-electron chi connectivity index (χ1n) is 11.1. The lowest BCUT2D eigenvalue weighted by Gasteiger charge is -2.26. The molecule has 11 nitrogen and oxygen atoms in total. The van der Waals surface area contributed by atoms with Crippen LogP contribution in [0.3, 0.4) is 0 Å². The second kappa shape index (κ2) is 10.9. The van der Waals surface area contributed by atoms with Crippen LogP contribution in [0, 0.1) is 5.92 Å². The molecule has 35 heavy (non-hydrogen) atoms. The number of carbonyl (C=O) groups is 1. The third-order valence-corrected chi connectivity index (χ3v) is 6.67. The van der Waals surface area contributed by atoms with Crippen LogP contribution >= 0.6 is 7.75 Å². The van der Waals surface area contributed by atoms with E-state index in [1.54, 1.807) is 39.0 Å². The minimum atomic E-state index is -4.30. The van der Waals surface area contributed by atoms with E-state index in [0.717, 1.165) is 10.6 Å². The fourth-order valence-electron chi connectivity index (χ4n) is 3.53. The van der Waals surface area contributed by atoms with Crippen molar-refractivity contribution in [2.45, 2.75) is 58.3 Å². The molecule has 0 saturated carbocycles. The van der Waals surface area contributed by atoms with Crippen LogP contribution in [0.5, 0.6) is 5.75 Å². The summed E-state index contributed by atoms with van der Waals surface area (Å²) in [7, 11) is -4.30. The molecule has 2 N–H and O–H groups in total. The predicted molar refractivity (Wildman–Crippen MR) is 124 cm³/mol. The number of carbonyl (C=O) groups excluding carboxylic acids is 1. The van der Waals surface area contributed by atoms with Crippen LogP contribution in [0.2, 0.25) is 0 Å². The number of esters is 1. The highest BCUT2D eigenvalue weighted by Gasteiger charge is 2.48. The lowest BCUT2D eigenvalue weighted by molar-refractivity contribution is -0.175. The molecular weight excluding hydrogens is 484 g/mol. The molecule has 2 aromatic rings. The molecule has 2 heterocycles. The highest BCUT2D eigenvalue weighted by molar-refractivity contribution is 7.52. The third-order valence-electron chi connectivity index (χ3n) is 5.05. The van der Waals surface area contributed by atoms with E-state index >= 15 is 4.39 Å². The second-order valence-corrected chi connectivity index (χ2v) is 10.3. The molecule has 0 amide bonds. The van der Waals surface area contributed by atoms with E-state index in [-0.39, 0.29) is 12.2 Å². The van der Waals surface area contributed by atoms with Crippen molar-refractivity contribution in [3.05, 3.63) is 63.4 Å². The molecule has 0 radical (unpaired) electrons. The Kier molecular flexibility index (Phi) is 8.32. The number of H-pyrrole nitrogens is 1. The van der Waals surface area contributed by atoms with Crippen molar-refractivity contribution in [1.29, 1.82) is 0 Å². The number of halogens is 1. The summed E-state index contributed by atoms with van der Waals surface area (Å²) < 4.78 is 51.7. The van der Waals surface area contributed by atoms with Gasteiger partial charge in [0.05, 0.1) is 6.10 Å². The van der Waals surface area contributed by atoms with Crippen LogP contribution in [-0.4, -0.2) is 40.1 Å². The van der Waals surface area contributed by atoms with E-state index < -0.39 is 61.7 Å². The molecule has 1 fully saturated rings. The molecule has 1 aromatic heterocycles. The zero-order valence-corrected chi connectivity index (χ0v) is 20.7. The van der Waals surface area contributed by atoms with Crippen LogP contribution < -0.4 is 20.9 Å². The monoisotopic (exact) mass is 513 g/mol. The van der Waals surface area contributed by atoms with Crippen molar-refractivity contribution in [2.24, 2.45) is 5.92 Å². The number of nitrogens with one attached hydrogen (secondary N) is 2. The fourth-order valence-corrected chi connectivity index (χ4v) is 5.05. The van der Waals surface area contributed by atoms with Gasteiger partial charge in [-0.25, -0.2) is 13.8 Å². The van der Waals surface area contributed by atoms with Crippen molar-refractivity contribution >= 4 is 13.7 Å². The van der Waals surface area contributed by atoms with Crippen molar-refractivity contribution in [3.63, 3.8) is 0 Å². The van der Waals surface area contributed by atoms with Gasteiger partial charge in [-0.3, -0.25) is 23.7 Å². The molecule has 1 aliphatic heterocycles. The Morgan fingerprint density at radius 2 is 1.97 bits per heavy atom. The van der Waals surface area contributed by atoms with Gasteiger partial charge >= 0.3 is 19.4 Å². The Hall–Kier alpha value is -2.79. The molecule has 1 aromatic carbocycles. The molecule has 13 heteroatoms. The topological polar surface area (TPSA) is 138 Å². The van der Waals surface area contributed by atoms with Gasteiger partial charge in [0, 0.05) is 24.6 Å². The molecule has 1 aliphatic rings. The van der Waals surface area contributed by atoms with Crippen LogP contribution in [-0.2, 0) is 23.4 Å². The maximum Gasteiger partial charge on any atom is 0.459 e. The number of aromatic nitrogens is 2. The minimum absolute atomic E-state index is 0.166. The highest BCUT2D eigenvalue weighted by Crippen LogP contribution is 2.49. The van der Waals surface area contributed by atoms with Crippen LogP contribution in [0.25, 0.3) is 0 Å². The Bertz CT molecular complexity index is 1190. The first-order chi connectivity index (χ1) is 16.4. The zero-order chi connectivity index (χ0) is 25.8. The van der Waals surface area contributed by atoms with Gasteiger partial charge in [-0.05, 0) is 32.9 Å². The maximum atomic E-state index is 15.6. The van der Waals surface area contributed by atoms with Gasteiger partial charge in [0.15, 0.2) is 0 Å². The summed E-state index contributed by atoms with van der Waals surface area (Å²) in [5.41, 5.74) is -1.35. The summed E-state index contributed by atoms with van der Waals surface area (Å²) in [5.74, 6) is -3.45. The maximum absolute atomic E-state index is 15.6. The van der Waals surface area contributed by atoms with Crippen molar-refractivity contribution < 1.29 is 32.3 Å². The molecule has 0 aliphatic carbocycles. The number of alkyl halides is 1. The molecule has 1 saturated heterocycles. The zero-order valence-electron chi connectivity index (χ0n) is 19.8. The smallest absolute Gasteiger partial charge is 0.459 e. The van der Waals surface area contributed by atoms with Gasteiger partial charge in [0.1, 0.15) is 24.6 Å². The summed E-state index contributed by atoms with van der Waals surface area (Å²) in [6.45, 7) is 5.57. The SMILES string of the molecule is CC(C)OC(=O)[C@H](C)NP(=O)(OC[C@]1(F)C[C@H](C)[C@H](n2ccc(=O)[nH]c2=O)O1)Oc1ccccc1. The highest BCUT2D eigenvalue weighted by atomic mass is 31.2. The quantitative estimate of drug-likeness (QED) is 0.363. The Balaban J connectivity index is 1.76. The number of para-hydroxylation sites is 1. The van der Waals surface area contributed by atoms with E-state index in [0.29, 0.717) is 0 Å². The van der Waals surface area contributed by atoms with Gasteiger partial charge < -0.3 is 14.0 Å². The van der Waals surface area contributed by atoms with E-state index in [4.69, 9.17) is 18.5 Å². The van der Waals surface area contributed by atoms with Crippen LogP contribution in [0.4, 0.5) is 4.39 Å². The average molecular weight is 513 g/mol. The van der Waals surface area contributed by atoms with Gasteiger partial charge in [0.2, 0.25) is 5.85 Å². The van der Waals surface area contributed by atoms with Crippen LogP contribution in [0.1, 0.15) is 40.3 Å². The predicted octanol–water partition coefficient (Wildman–Crippen LogP) is 2.89. The lowest BCUT2D eigenvalue weighted by atomic mass is 10.1. The lowest BCUT2D eigenvalue weighted by Crippen LogP contribution is -2.38. The van der Waals surface area contributed by atoms with Gasteiger partial charge in [-0.1, -0.05) is 25.1 Å². The largest absolute Gasteiger partial charge is 0.462 e. The molecule has 1 unspecified atom stereocenters. The fraction of sp³-hybridized carbons (Fsp3) is 0.500. The average Bonchev–Trinajstić information content (AvgIpc) is 3.07. The molecular formula is C22H29FN3O8P. The number of benzene rings is 1. The van der Waals surface area contributed by atoms with Crippen molar-refractivity contribution in [2.75, 3.05) is 6.61 Å². The van der Waals surface area contributed by atoms with Gasteiger partial charge in [0.25, 0.3) is 5.56 Å². The Labute approximate surface area is 201 Å². The molecule has 5 atom stereocenters. The molecule has 192 valence electrons. The molecule has 3 rings (SSSR count). The van der Waals surface area contributed by atoms with Gasteiger partial charge in [-0.2, -0.15) is 5.09 Å². The first kappa shape index (κ1) is 26.8. The summed E-state index contributed by atoms with van der Waals surface area (Å²) in [5, 5.41) is 2.48. The van der Waals surface area contributed by atoms with E-state index in [2.05, 4.69) is 10.1 Å². The van der Waals surface area contributed by atoms with E-state index in [1.807, 2.05) is 0 Å². The van der Waals surface area contributed by atoms with Crippen LogP contribution in [0.15, 0.2) is 52.2 Å². The van der Waals surface area contributed by atoms with Gasteiger partial charge in [-0.15, -0.1) is 0 Å². The number of ether oxygens (including phenoxy) is 2. The third kappa shape index (κ3) is 7.11. The number of hydrogen-bond acceptors (Lipinski definition) is 8. The number of rotatable bonds is 10. The number of aromatic amines is 1. The minimum Gasteiger partial charge on any atom is -0.462 e. The second-order valence-electron chi connectivity index (χ2n) is 8.60. The Morgan fingerprint density at radius 3 is 2.60 bits per heavy atom. The summed E-state index contributed by atoms with van der Waals surface area (Å²) in [6, 6.07) is 8.06. The normalized spacial score (nSPS) is 24.6. The standard InChI is InChI=1S/C22H29FN3O8P/c1-14(2)32-20(28)16(4)25-35(30,34-17-8-6-5-7-9-17)31-13-22(23)12-15(3)19(33-22)26-11-10-18(27)24-21(26)29/h5-11,14-16,19H,12-13H2,1-4H3,(H,25,30)(H,24,27,29)/t15-,16-,19+,22-,35?/m0/s1. The number of hydrogen-bond donors (Lipinski definition) is 2. The summed E-state index contributed by atoms with van der Waals surface area (Å²) >= 11 is 0. The first-order valence-corrected chi connectivity index (χ1v) is 12.6. The molecule has 0 spiro atoms. The van der Waals surface area contributed by atoms with E-state index in [9.17, 15) is 18.9 Å².